The Labute approximate surface area is 136 Å². The first kappa shape index (κ1) is 21.4. The van der Waals surface area contributed by atoms with Gasteiger partial charge in [0.2, 0.25) is 0 Å². The van der Waals surface area contributed by atoms with E-state index in [0.717, 1.165) is 19.3 Å². The fourth-order valence-corrected chi connectivity index (χ4v) is 4.88. The number of carbonyl (C=O) groups is 1. The first-order chi connectivity index (χ1) is 10.6. The van der Waals surface area contributed by atoms with Gasteiger partial charge in [-0.3, -0.25) is 0 Å². The van der Waals surface area contributed by atoms with E-state index >= 15 is 0 Å². The highest BCUT2D eigenvalue weighted by Crippen LogP contribution is 2.22. The Morgan fingerprint density at radius 2 is 1.36 bits per heavy atom. The zero-order chi connectivity index (χ0) is 16.8. The van der Waals surface area contributed by atoms with Gasteiger partial charge >= 0.3 is 14.9 Å². The average Bonchev–Trinajstić information content (AvgIpc) is 2.53. The van der Waals surface area contributed by atoms with Crippen molar-refractivity contribution in [1.29, 1.82) is 0 Å². The van der Waals surface area contributed by atoms with Crippen molar-refractivity contribution in [2.75, 3.05) is 26.4 Å². The van der Waals surface area contributed by atoms with Crippen LogP contribution in [0.25, 0.3) is 0 Å². The first-order valence-electron chi connectivity index (χ1n) is 8.46. The van der Waals surface area contributed by atoms with Gasteiger partial charge in [0, 0.05) is 26.4 Å². The summed E-state index contributed by atoms with van der Waals surface area (Å²) in [6.45, 7) is 12.0. The van der Waals surface area contributed by atoms with Gasteiger partial charge in [-0.05, 0) is 32.6 Å². The van der Waals surface area contributed by atoms with Gasteiger partial charge in [0.25, 0.3) is 0 Å². The van der Waals surface area contributed by atoms with Crippen molar-refractivity contribution in [3.63, 3.8) is 0 Å². The van der Waals surface area contributed by atoms with E-state index in [9.17, 15) is 4.79 Å². The second-order valence-corrected chi connectivity index (χ2v) is 7.70. The van der Waals surface area contributed by atoms with Gasteiger partial charge in [0.05, 0.1) is 0 Å². The summed E-state index contributed by atoms with van der Waals surface area (Å²) in [7, 11) is -3.06. The third-order valence-electron chi connectivity index (χ3n) is 2.86. The summed E-state index contributed by atoms with van der Waals surface area (Å²) in [6.07, 6.45) is 2.72. The SMILES string of the molecule is CCCO[Si](OCCC)(OCCC)C(CC)OC(=O)NCC. The van der Waals surface area contributed by atoms with E-state index in [0.29, 0.717) is 32.8 Å². The zero-order valence-corrected chi connectivity index (χ0v) is 15.8. The number of rotatable bonds is 13. The minimum absolute atomic E-state index is 0.452. The smallest absolute Gasteiger partial charge is 0.442 e. The second-order valence-electron chi connectivity index (χ2n) is 4.98. The fraction of sp³-hybridized carbons (Fsp3) is 0.933. The number of hydrogen-bond donors (Lipinski definition) is 1. The Kier molecular flexibility index (Phi) is 12.5. The molecule has 132 valence electrons. The quantitative estimate of drug-likeness (QED) is 0.523. The lowest BCUT2D eigenvalue weighted by Gasteiger charge is -2.34. The maximum Gasteiger partial charge on any atom is 0.544 e. The molecule has 0 aliphatic carbocycles. The van der Waals surface area contributed by atoms with Crippen LogP contribution in [0.2, 0.25) is 0 Å². The van der Waals surface area contributed by atoms with Crippen LogP contribution in [-0.4, -0.2) is 47.0 Å². The van der Waals surface area contributed by atoms with Crippen LogP contribution in [0, 0.1) is 0 Å². The highest BCUT2D eigenvalue weighted by Gasteiger charge is 2.51. The molecule has 1 N–H and O–H groups in total. The number of amides is 1. The molecule has 0 fully saturated rings. The zero-order valence-electron chi connectivity index (χ0n) is 14.8. The lowest BCUT2D eigenvalue weighted by molar-refractivity contribution is 0.00507. The predicted octanol–water partition coefficient (Wildman–Crippen LogP) is 3.27. The van der Waals surface area contributed by atoms with Gasteiger partial charge in [0.15, 0.2) is 5.73 Å². The molecule has 0 radical (unpaired) electrons. The molecule has 1 amide bonds. The molecule has 0 saturated carbocycles. The van der Waals surface area contributed by atoms with Crippen LogP contribution < -0.4 is 5.32 Å². The summed E-state index contributed by atoms with van der Waals surface area (Å²) in [6, 6.07) is 0. The van der Waals surface area contributed by atoms with Crippen LogP contribution in [-0.2, 0) is 18.0 Å². The van der Waals surface area contributed by atoms with Crippen molar-refractivity contribution in [3.05, 3.63) is 0 Å². The maximum absolute atomic E-state index is 11.8. The topological polar surface area (TPSA) is 66.0 Å². The molecule has 6 nitrogen and oxygen atoms in total. The molecular formula is C15H33NO5Si. The van der Waals surface area contributed by atoms with Gasteiger partial charge < -0.3 is 23.3 Å². The molecule has 0 heterocycles. The highest BCUT2D eigenvalue weighted by molar-refractivity contribution is 6.62. The molecule has 0 saturated heterocycles. The van der Waals surface area contributed by atoms with Gasteiger partial charge in [-0.1, -0.05) is 27.7 Å². The largest absolute Gasteiger partial charge is 0.544 e. The van der Waals surface area contributed by atoms with Crippen molar-refractivity contribution in [2.45, 2.75) is 66.0 Å². The van der Waals surface area contributed by atoms with E-state index in [1.54, 1.807) is 0 Å². The van der Waals surface area contributed by atoms with E-state index in [1.807, 2.05) is 34.6 Å². The van der Waals surface area contributed by atoms with Crippen LogP contribution >= 0.6 is 0 Å². The lowest BCUT2D eigenvalue weighted by Crippen LogP contribution is -2.58. The third kappa shape index (κ3) is 7.58. The van der Waals surface area contributed by atoms with Crippen LogP contribution in [0.1, 0.15) is 60.3 Å². The van der Waals surface area contributed by atoms with Crippen molar-refractivity contribution in [3.8, 4) is 0 Å². The molecule has 1 unspecified atom stereocenters. The number of alkyl carbamates (subject to hydrolysis) is 1. The molecular weight excluding hydrogens is 302 g/mol. The van der Waals surface area contributed by atoms with Crippen LogP contribution in [0.3, 0.4) is 0 Å². The summed E-state index contributed by atoms with van der Waals surface area (Å²) in [5.74, 6) is 0. The van der Waals surface area contributed by atoms with Crippen molar-refractivity contribution in [2.24, 2.45) is 0 Å². The molecule has 0 aliphatic heterocycles. The summed E-state index contributed by atoms with van der Waals surface area (Å²) in [5.41, 5.74) is -0.483. The number of carbonyl (C=O) groups excluding carboxylic acids is 1. The Morgan fingerprint density at radius 1 is 0.909 bits per heavy atom. The summed E-state index contributed by atoms with van der Waals surface area (Å²) in [5, 5.41) is 2.65. The van der Waals surface area contributed by atoms with Gasteiger partial charge in [0.1, 0.15) is 0 Å². The summed E-state index contributed by atoms with van der Waals surface area (Å²) in [4.78, 5) is 11.8. The Hall–Kier alpha value is -0.633. The lowest BCUT2D eigenvalue weighted by atomic mass is 10.5. The maximum atomic E-state index is 11.8. The monoisotopic (exact) mass is 335 g/mol. The standard InChI is InChI=1S/C15H33NO5Si/c1-6-11-18-22(19-12-7-2,20-13-8-3)14(9-4)21-15(17)16-10-5/h14H,6-13H2,1-5H3,(H,16,17). The summed E-state index contributed by atoms with van der Waals surface area (Å²) < 4.78 is 23.5. The minimum Gasteiger partial charge on any atom is -0.442 e. The normalized spacial score (nSPS) is 13.0. The molecule has 1 atom stereocenters. The fourth-order valence-electron chi connectivity index (χ4n) is 1.86. The molecule has 7 heteroatoms. The molecule has 0 aromatic rings. The molecule has 0 spiro atoms. The Balaban J connectivity index is 5.16. The summed E-state index contributed by atoms with van der Waals surface area (Å²) >= 11 is 0. The average molecular weight is 336 g/mol. The van der Waals surface area contributed by atoms with Crippen LogP contribution in [0.4, 0.5) is 4.79 Å². The molecule has 22 heavy (non-hydrogen) atoms. The third-order valence-corrected chi connectivity index (χ3v) is 5.99. The predicted molar refractivity (Wildman–Crippen MR) is 88.7 cm³/mol. The number of ether oxygens (including phenoxy) is 1. The molecule has 0 rings (SSSR count). The molecule has 0 aromatic heterocycles. The Bertz CT molecular complexity index is 269. The van der Waals surface area contributed by atoms with Crippen molar-refractivity contribution in [1.82, 2.24) is 5.32 Å². The van der Waals surface area contributed by atoms with E-state index < -0.39 is 20.6 Å². The number of hydrogen-bond acceptors (Lipinski definition) is 5. The first-order valence-corrected chi connectivity index (χ1v) is 10.3. The minimum atomic E-state index is -3.06. The van der Waals surface area contributed by atoms with Gasteiger partial charge in [-0.2, -0.15) is 0 Å². The van der Waals surface area contributed by atoms with Gasteiger partial charge in [-0.25, -0.2) is 4.79 Å². The van der Waals surface area contributed by atoms with Crippen molar-refractivity contribution < 1.29 is 22.8 Å². The van der Waals surface area contributed by atoms with Gasteiger partial charge in [-0.15, -0.1) is 0 Å². The highest BCUT2D eigenvalue weighted by atomic mass is 28.4. The second kappa shape index (κ2) is 12.9. The van der Waals surface area contributed by atoms with Crippen LogP contribution in [0.5, 0.6) is 0 Å². The van der Waals surface area contributed by atoms with E-state index in [4.69, 9.17) is 18.0 Å². The number of nitrogens with one attached hydrogen (secondary N) is 1. The van der Waals surface area contributed by atoms with E-state index in [-0.39, 0.29) is 0 Å². The molecule has 0 bridgehead atoms. The van der Waals surface area contributed by atoms with Crippen LogP contribution in [0.15, 0.2) is 0 Å². The Morgan fingerprint density at radius 3 is 1.68 bits per heavy atom. The van der Waals surface area contributed by atoms with E-state index in [2.05, 4.69) is 5.32 Å². The molecule has 0 aliphatic rings. The molecule has 0 aromatic carbocycles. The van der Waals surface area contributed by atoms with E-state index in [1.165, 1.54) is 0 Å². The van der Waals surface area contributed by atoms with Crippen molar-refractivity contribution >= 4 is 14.9 Å².